The smallest absolute Gasteiger partial charge is 0.0413 e. The van der Waals surface area contributed by atoms with Gasteiger partial charge in [-0.2, -0.15) is 0 Å². The number of nitrogens with zero attached hydrogens (tertiary/aromatic N) is 1. The molecule has 0 aliphatic rings. The number of hydrogen-bond acceptors (Lipinski definition) is 1. The quantitative estimate of drug-likeness (QED) is 0.522. The fourth-order valence-electron chi connectivity index (χ4n) is 2.20. The highest BCUT2D eigenvalue weighted by Crippen LogP contribution is 2.09. The van der Waals surface area contributed by atoms with Crippen LogP contribution in [0.5, 0.6) is 0 Å². The lowest BCUT2D eigenvalue weighted by atomic mass is 10.1. The van der Waals surface area contributed by atoms with E-state index < -0.39 is 0 Å². The van der Waals surface area contributed by atoms with Gasteiger partial charge >= 0.3 is 0 Å². The third-order valence-electron chi connectivity index (χ3n) is 3.36. The number of aryl methyl sites for hydroxylation is 2. The monoisotopic (exact) mass is 246 g/mol. The molecule has 0 amide bonds. The zero-order valence-electron chi connectivity index (χ0n) is 12.2. The highest BCUT2D eigenvalue weighted by molar-refractivity contribution is 5.10. The van der Waals surface area contributed by atoms with Gasteiger partial charge in [-0.1, -0.05) is 52.4 Å². The van der Waals surface area contributed by atoms with Gasteiger partial charge in [0.25, 0.3) is 0 Å². The molecule has 1 nitrogen and oxygen atoms in total. The van der Waals surface area contributed by atoms with Crippen molar-refractivity contribution in [2.24, 2.45) is 0 Å². The Morgan fingerprint density at radius 1 is 0.778 bits per heavy atom. The van der Waals surface area contributed by atoms with Crippen molar-refractivity contribution in [2.75, 3.05) is 0 Å². The Kier molecular flexibility index (Phi) is 8.54. The molecule has 1 rings (SSSR count). The first-order chi connectivity index (χ1) is 8.86. The lowest BCUT2D eigenvalue weighted by Gasteiger charge is -2.04. The van der Waals surface area contributed by atoms with Crippen molar-refractivity contribution in [1.29, 1.82) is 0 Å². The minimum Gasteiger partial charge on any atom is -0.258 e. The van der Waals surface area contributed by atoms with Gasteiger partial charge in [-0.15, -0.1) is 0 Å². The van der Waals surface area contributed by atoms with Crippen LogP contribution in [-0.4, -0.2) is 4.98 Å². The standard InChI is InChI=1S/C17H28N/c1-3-5-7-9-12-16-14-11-15-17(18-16)13-10-8-6-4-2/h14-15H,3-10,12-13H2,1-2H3. The van der Waals surface area contributed by atoms with Crippen molar-refractivity contribution in [1.82, 2.24) is 4.98 Å². The molecule has 0 aliphatic heterocycles. The van der Waals surface area contributed by atoms with Crippen LogP contribution in [0.1, 0.15) is 76.6 Å². The van der Waals surface area contributed by atoms with E-state index in [1.54, 1.807) is 0 Å². The highest BCUT2D eigenvalue weighted by atomic mass is 14.7. The molecule has 0 fully saturated rings. The third kappa shape index (κ3) is 6.78. The van der Waals surface area contributed by atoms with E-state index in [0.717, 1.165) is 12.8 Å². The van der Waals surface area contributed by atoms with Gasteiger partial charge in [-0.3, -0.25) is 4.98 Å². The van der Waals surface area contributed by atoms with Gasteiger partial charge in [0.15, 0.2) is 0 Å². The molecule has 0 bridgehead atoms. The van der Waals surface area contributed by atoms with Gasteiger partial charge in [-0.25, -0.2) is 0 Å². The lowest BCUT2D eigenvalue weighted by Crippen LogP contribution is -1.96. The van der Waals surface area contributed by atoms with Gasteiger partial charge in [0, 0.05) is 11.4 Å². The number of unbranched alkanes of at least 4 members (excludes halogenated alkanes) is 6. The van der Waals surface area contributed by atoms with E-state index >= 15 is 0 Å². The SMILES string of the molecule is CCCCCCc1c[c]cc(CCCCCC)n1. The zero-order valence-corrected chi connectivity index (χ0v) is 12.2. The predicted molar refractivity (Wildman–Crippen MR) is 78.8 cm³/mol. The van der Waals surface area contributed by atoms with Crippen LogP contribution in [-0.2, 0) is 12.8 Å². The second kappa shape index (κ2) is 10.1. The highest BCUT2D eigenvalue weighted by Gasteiger charge is 1.99. The van der Waals surface area contributed by atoms with Crippen LogP contribution in [0.25, 0.3) is 0 Å². The third-order valence-corrected chi connectivity index (χ3v) is 3.36. The molecule has 1 radical (unpaired) electrons. The molecule has 0 aromatic carbocycles. The van der Waals surface area contributed by atoms with Gasteiger partial charge in [0.05, 0.1) is 0 Å². The Morgan fingerprint density at radius 2 is 1.28 bits per heavy atom. The lowest BCUT2D eigenvalue weighted by molar-refractivity contribution is 0.648. The maximum Gasteiger partial charge on any atom is 0.0413 e. The van der Waals surface area contributed by atoms with Crippen LogP contribution < -0.4 is 0 Å². The molecular formula is C17H28N. The minimum absolute atomic E-state index is 1.12. The van der Waals surface area contributed by atoms with Crippen molar-refractivity contribution in [2.45, 2.75) is 78.1 Å². The fraction of sp³-hybridized carbons (Fsp3) is 0.706. The number of rotatable bonds is 10. The van der Waals surface area contributed by atoms with Gasteiger partial charge in [0.2, 0.25) is 0 Å². The number of hydrogen-bond donors (Lipinski definition) is 0. The maximum absolute atomic E-state index is 4.74. The number of pyridine rings is 1. The molecule has 0 N–H and O–H groups in total. The summed E-state index contributed by atoms with van der Waals surface area (Å²) < 4.78 is 0. The Hall–Kier alpha value is -0.850. The summed E-state index contributed by atoms with van der Waals surface area (Å²) in [5, 5.41) is 0. The van der Waals surface area contributed by atoms with E-state index in [1.165, 1.54) is 62.8 Å². The topological polar surface area (TPSA) is 12.9 Å². The molecule has 1 aromatic heterocycles. The molecule has 101 valence electrons. The predicted octanol–water partition coefficient (Wildman–Crippen LogP) is 5.13. The average molecular weight is 246 g/mol. The van der Waals surface area contributed by atoms with Gasteiger partial charge in [0.1, 0.15) is 0 Å². The molecule has 0 saturated carbocycles. The van der Waals surface area contributed by atoms with Crippen LogP contribution in [0, 0.1) is 6.07 Å². The Balaban J connectivity index is 2.27. The van der Waals surface area contributed by atoms with Crippen LogP contribution in [0.3, 0.4) is 0 Å². The summed E-state index contributed by atoms with van der Waals surface area (Å²) in [6, 6.07) is 7.36. The van der Waals surface area contributed by atoms with Crippen LogP contribution in [0.15, 0.2) is 12.1 Å². The van der Waals surface area contributed by atoms with E-state index in [4.69, 9.17) is 4.98 Å². The van der Waals surface area contributed by atoms with E-state index in [1.807, 2.05) is 0 Å². The Bertz CT molecular complexity index is 279. The van der Waals surface area contributed by atoms with Crippen molar-refractivity contribution in [3.05, 3.63) is 29.6 Å². The van der Waals surface area contributed by atoms with E-state index in [0.29, 0.717) is 0 Å². The largest absolute Gasteiger partial charge is 0.258 e. The molecular weight excluding hydrogens is 218 g/mol. The Morgan fingerprint density at radius 3 is 1.72 bits per heavy atom. The van der Waals surface area contributed by atoms with Crippen molar-refractivity contribution >= 4 is 0 Å². The summed E-state index contributed by atoms with van der Waals surface area (Å²) in [6.45, 7) is 4.51. The normalized spacial score (nSPS) is 10.8. The summed E-state index contributed by atoms with van der Waals surface area (Å²) in [5.74, 6) is 0. The molecule has 1 heteroatoms. The molecule has 0 aliphatic carbocycles. The fourth-order valence-corrected chi connectivity index (χ4v) is 2.20. The van der Waals surface area contributed by atoms with E-state index in [2.05, 4.69) is 32.0 Å². The van der Waals surface area contributed by atoms with Crippen LogP contribution >= 0.6 is 0 Å². The summed E-state index contributed by atoms with van der Waals surface area (Å²) in [5.41, 5.74) is 2.47. The van der Waals surface area contributed by atoms with Crippen molar-refractivity contribution in [3.8, 4) is 0 Å². The van der Waals surface area contributed by atoms with E-state index in [-0.39, 0.29) is 0 Å². The molecule has 18 heavy (non-hydrogen) atoms. The average Bonchev–Trinajstić information content (AvgIpc) is 2.40. The van der Waals surface area contributed by atoms with Gasteiger partial charge < -0.3 is 0 Å². The summed E-state index contributed by atoms with van der Waals surface area (Å²) >= 11 is 0. The van der Waals surface area contributed by atoms with Crippen molar-refractivity contribution in [3.63, 3.8) is 0 Å². The molecule has 0 spiro atoms. The summed E-state index contributed by atoms with van der Waals surface area (Å²) in [6.07, 6.45) is 12.8. The second-order valence-corrected chi connectivity index (χ2v) is 5.17. The minimum atomic E-state index is 1.12. The molecule has 0 unspecified atom stereocenters. The van der Waals surface area contributed by atoms with Crippen molar-refractivity contribution < 1.29 is 0 Å². The summed E-state index contributed by atoms with van der Waals surface area (Å²) in [7, 11) is 0. The van der Waals surface area contributed by atoms with Crippen LogP contribution in [0.4, 0.5) is 0 Å². The van der Waals surface area contributed by atoms with E-state index in [9.17, 15) is 0 Å². The zero-order chi connectivity index (χ0) is 13.1. The maximum atomic E-state index is 4.74. The first-order valence-electron chi connectivity index (χ1n) is 7.72. The molecule has 0 atom stereocenters. The molecule has 1 heterocycles. The molecule has 1 aromatic rings. The van der Waals surface area contributed by atoms with Gasteiger partial charge in [-0.05, 0) is 43.9 Å². The molecule has 0 saturated heterocycles. The first kappa shape index (κ1) is 15.2. The van der Waals surface area contributed by atoms with Crippen LogP contribution in [0.2, 0.25) is 0 Å². The first-order valence-corrected chi connectivity index (χ1v) is 7.72. The second-order valence-electron chi connectivity index (χ2n) is 5.17. The summed E-state index contributed by atoms with van der Waals surface area (Å²) in [4.78, 5) is 4.74. The number of aromatic nitrogens is 1. The Labute approximate surface area is 113 Å².